The number of piperidine rings is 1. The number of nitrogens with zero attached hydrogens (tertiary/aromatic N) is 1. The first-order valence-electron chi connectivity index (χ1n) is 22.7. The van der Waals surface area contributed by atoms with Crippen LogP contribution in [0.25, 0.3) is 11.1 Å². The van der Waals surface area contributed by atoms with Gasteiger partial charge >= 0.3 is 0 Å². The normalized spacial score (nSPS) is 20.6. The Balaban J connectivity index is 1.30. The first-order valence-corrected chi connectivity index (χ1v) is 22.7. The average Bonchev–Trinajstić information content (AvgIpc) is 3.33. The second-order valence-corrected chi connectivity index (χ2v) is 16.9. The van der Waals surface area contributed by atoms with Gasteiger partial charge in [-0.05, 0) is 77.6 Å². The number of amides is 6. The van der Waals surface area contributed by atoms with Crippen molar-refractivity contribution in [2.45, 2.75) is 63.6 Å². The van der Waals surface area contributed by atoms with E-state index in [4.69, 9.17) is 16.2 Å². The molecule has 0 unspecified atom stereocenters. The number of nitrogens with two attached hydrogens (primary N) is 2. The van der Waals surface area contributed by atoms with E-state index in [0.29, 0.717) is 56.6 Å². The fourth-order valence-corrected chi connectivity index (χ4v) is 8.44. The molecule has 2 aliphatic rings. The van der Waals surface area contributed by atoms with Gasteiger partial charge in [0.1, 0.15) is 12.1 Å². The summed E-state index contributed by atoms with van der Waals surface area (Å²) in [5, 5.41) is 14.5. The van der Waals surface area contributed by atoms with Gasteiger partial charge in [0.15, 0.2) is 0 Å². The Morgan fingerprint density at radius 1 is 0.758 bits per heavy atom. The lowest BCUT2D eigenvalue weighted by Crippen LogP contribution is -2.58. The van der Waals surface area contributed by atoms with Gasteiger partial charge in [-0.3, -0.25) is 28.8 Å². The molecule has 1 fully saturated rings. The second-order valence-electron chi connectivity index (χ2n) is 16.9. The third-order valence-corrected chi connectivity index (χ3v) is 12.0. The van der Waals surface area contributed by atoms with Crippen molar-refractivity contribution in [3.63, 3.8) is 0 Å². The van der Waals surface area contributed by atoms with Crippen LogP contribution in [0.15, 0.2) is 115 Å². The Kier molecular flexibility index (Phi) is 18.2. The maximum absolute atomic E-state index is 14.9. The van der Waals surface area contributed by atoms with Gasteiger partial charge in [0, 0.05) is 57.8 Å². The van der Waals surface area contributed by atoms with Crippen LogP contribution in [0.2, 0.25) is 0 Å². The van der Waals surface area contributed by atoms with Crippen molar-refractivity contribution in [3.8, 4) is 11.1 Å². The minimum absolute atomic E-state index is 0.0147. The predicted octanol–water partition coefficient (Wildman–Crippen LogP) is 2.24. The van der Waals surface area contributed by atoms with Gasteiger partial charge in [-0.15, -0.1) is 0 Å². The summed E-state index contributed by atoms with van der Waals surface area (Å²) in [5.41, 5.74) is 16.3. The summed E-state index contributed by atoms with van der Waals surface area (Å²) in [6.45, 7) is 2.15. The lowest BCUT2D eigenvalue weighted by atomic mass is 9.74. The molecule has 15 nitrogen and oxygen atoms in total. The molecule has 9 N–H and O–H groups in total. The maximum atomic E-state index is 14.9. The topological polar surface area (TPSA) is 227 Å². The lowest BCUT2D eigenvalue weighted by Gasteiger charge is -2.42. The van der Waals surface area contributed by atoms with Crippen LogP contribution >= 0.6 is 0 Å². The fraction of sp³-hybridized carbons (Fsp3) is 0.373. The van der Waals surface area contributed by atoms with Gasteiger partial charge in [0.25, 0.3) is 0 Å². The minimum Gasteiger partial charge on any atom is -0.378 e. The Morgan fingerprint density at radius 2 is 1.45 bits per heavy atom. The van der Waals surface area contributed by atoms with Crippen LogP contribution in [-0.4, -0.2) is 105 Å². The molecule has 66 heavy (non-hydrogen) atoms. The molecule has 0 spiro atoms. The zero-order valence-corrected chi connectivity index (χ0v) is 37.4. The van der Waals surface area contributed by atoms with Crippen LogP contribution in [0, 0.1) is 5.41 Å². The number of benzene rings is 4. The summed E-state index contributed by atoms with van der Waals surface area (Å²) in [7, 11) is 0. The molecule has 4 aromatic rings. The molecule has 1 saturated heterocycles. The van der Waals surface area contributed by atoms with E-state index in [2.05, 4.69) is 50.8 Å². The van der Waals surface area contributed by atoms with Gasteiger partial charge < -0.3 is 47.7 Å². The van der Waals surface area contributed by atoms with Crippen LogP contribution in [0.4, 0.5) is 0 Å². The zero-order chi connectivity index (χ0) is 46.7. The molecule has 6 rings (SSSR count). The maximum Gasteiger partial charge on any atom is 0.246 e. The van der Waals surface area contributed by atoms with Crippen molar-refractivity contribution in [2.24, 2.45) is 16.9 Å². The molecule has 2 bridgehead atoms. The zero-order valence-electron chi connectivity index (χ0n) is 37.4. The number of hydrogen-bond donors (Lipinski definition) is 7. The number of rotatable bonds is 13. The van der Waals surface area contributed by atoms with E-state index >= 15 is 0 Å². The smallest absolute Gasteiger partial charge is 0.246 e. The van der Waals surface area contributed by atoms with Gasteiger partial charge in [-0.2, -0.15) is 0 Å². The van der Waals surface area contributed by atoms with E-state index in [1.165, 1.54) is 6.08 Å². The molecule has 0 saturated carbocycles. The summed E-state index contributed by atoms with van der Waals surface area (Å²) >= 11 is 0. The highest BCUT2D eigenvalue weighted by molar-refractivity contribution is 5.97. The molecule has 6 amide bonds. The summed E-state index contributed by atoms with van der Waals surface area (Å²) in [6, 6.07) is 30.9. The van der Waals surface area contributed by atoms with E-state index in [1.54, 1.807) is 17.0 Å². The van der Waals surface area contributed by atoms with Crippen LogP contribution in [0.5, 0.6) is 0 Å². The van der Waals surface area contributed by atoms with E-state index in [9.17, 15) is 28.8 Å². The molecule has 15 heteroatoms. The number of carbonyl (C=O) groups is 6. The highest BCUT2D eigenvalue weighted by Crippen LogP contribution is 2.35. The van der Waals surface area contributed by atoms with E-state index in [1.807, 2.05) is 66.7 Å². The minimum atomic E-state index is -1.10. The Labute approximate surface area is 386 Å². The molecule has 2 heterocycles. The average molecular weight is 899 g/mol. The first-order chi connectivity index (χ1) is 32.1. The van der Waals surface area contributed by atoms with Crippen molar-refractivity contribution in [1.82, 2.24) is 31.5 Å². The second kappa shape index (κ2) is 24.6. The number of ether oxygens (including phenoxy) is 1. The molecule has 3 atom stereocenters. The van der Waals surface area contributed by atoms with Crippen LogP contribution < -0.4 is 38.1 Å². The van der Waals surface area contributed by atoms with E-state index < -0.39 is 47.0 Å². The summed E-state index contributed by atoms with van der Waals surface area (Å²) in [5.74, 6) is -2.70. The molecule has 2 aliphatic heterocycles. The number of fused-ring (bicyclic) bond motifs is 3. The van der Waals surface area contributed by atoms with E-state index in [0.717, 1.165) is 40.3 Å². The van der Waals surface area contributed by atoms with Crippen molar-refractivity contribution in [2.75, 3.05) is 52.5 Å². The van der Waals surface area contributed by atoms with Crippen LogP contribution in [0.1, 0.15) is 47.1 Å². The third kappa shape index (κ3) is 14.2. The first kappa shape index (κ1) is 48.8. The summed E-state index contributed by atoms with van der Waals surface area (Å²) in [6.07, 6.45) is 4.51. The van der Waals surface area contributed by atoms with E-state index in [-0.39, 0.29) is 58.0 Å². The molecule has 0 radical (unpaired) electrons. The molecule has 0 aliphatic carbocycles. The van der Waals surface area contributed by atoms with Gasteiger partial charge in [-0.25, -0.2) is 0 Å². The Bertz CT molecular complexity index is 2300. The number of nitrogens with one attached hydrogen (secondary N) is 5. The highest BCUT2D eigenvalue weighted by Gasteiger charge is 2.44. The SMILES string of the molecule is NCCOCCNC(=O)[C@@H]1CCNC(=O)/C=C/C(=O)N2CCC[C@](Cc3ccccc3)(C2)C(=O)N[C@@H](Cc2ccc(-c3ccc(CCN)cc3)cc2)C(=O)NCc2ccccc2CC(=O)N1. The highest BCUT2D eigenvalue weighted by atomic mass is 16.5. The van der Waals surface area contributed by atoms with Gasteiger partial charge in [0.2, 0.25) is 35.4 Å². The predicted molar refractivity (Wildman–Crippen MR) is 252 cm³/mol. The number of carbonyl (C=O) groups excluding carboxylic acids is 6. The molecule has 4 aromatic carbocycles. The lowest BCUT2D eigenvalue weighted by molar-refractivity contribution is -0.141. The molecule has 348 valence electrons. The monoisotopic (exact) mass is 898 g/mol. The summed E-state index contributed by atoms with van der Waals surface area (Å²) in [4.78, 5) is 84.6. The van der Waals surface area contributed by atoms with Crippen molar-refractivity contribution in [1.29, 1.82) is 0 Å². The Hall–Kier alpha value is -6.68. The van der Waals surface area contributed by atoms with Crippen LogP contribution in [-0.2, 0) is 65.7 Å². The Morgan fingerprint density at radius 3 is 2.17 bits per heavy atom. The molecular weight excluding hydrogens is 837 g/mol. The largest absolute Gasteiger partial charge is 0.378 e. The number of hydrogen-bond acceptors (Lipinski definition) is 9. The van der Waals surface area contributed by atoms with Gasteiger partial charge in [-0.1, -0.05) is 103 Å². The van der Waals surface area contributed by atoms with Crippen LogP contribution in [0.3, 0.4) is 0 Å². The fourth-order valence-electron chi connectivity index (χ4n) is 8.44. The third-order valence-electron chi connectivity index (χ3n) is 12.0. The standard InChI is InChI=1S/C51H62N8O7/c52-24-21-36-11-15-39(16-12-36)40-17-13-37(14-18-40)31-44-49(64)56-34-42-10-5-4-9-41(42)32-46(61)57-43(48(63)55-27-30-66-29-25-53)22-26-54-45(60)19-20-47(62)59-28-6-23-51(35-59,50(65)58-44)33-38-7-2-1-3-8-38/h1-5,7-20,43-44H,6,21-35,52-53H2,(H,54,60)(H,55,63)(H,56,64)(H,57,61)(H,58,65)/b20-19+/t43-,44-,51-/m0/s1. The van der Waals surface area contributed by atoms with Crippen molar-refractivity contribution < 1.29 is 33.5 Å². The summed E-state index contributed by atoms with van der Waals surface area (Å²) < 4.78 is 5.37. The van der Waals surface area contributed by atoms with Crippen molar-refractivity contribution in [3.05, 3.63) is 143 Å². The van der Waals surface area contributed by atoms with Crippen molar-refractivity contribution >= 4 is 35.4 Å². The molecular formula is C51H62N8O7. The quantitative estimate of drug-likeness (QED) is 0.0976. The molecule has 0 aromatic heterocycles. The van der Waals surface area contributed by atoms with Gasteiger partial charge in [0.05, 0.1) is 25.0 Å².